The summed E-state index contributed by atoms with van der Waals surface area (Å²) in [6.07, 6.45) is 0. The van der Waals surface area contributed by atoms with Crippen LogP contribution in [0.3, 0.4) is 0 Å². The standard InChI is InChI=1S/C15H15ClFNO/c1-10-4-2-5-11(8-18)15(10)19-9-12-13(16)6-3-7-14(12)17/h2-7H,8-9,18H2,1H3. The Hall–Kier alpha value is -1.58. The van der Waals surface area contributed by atoms with Gasteiger partial charge in [-0.25, -0.2) is 4.39 Å². The number of ether oxygens (including phenoxy) is 1. The Labute approximate surface area is 117 Å². The van der Waals surface area contributed by atoms with Crippen LogP contribution < -0.4 is 10.5 Å². The molecule has 2 N–H and O–H groups in total. The molecule has 100 valence electrons. The van der Waals surface area contributed by atoms with Crippen molar-refractivity contribution in [2.75, 3.05) is 0 Å². The molecule has 0 atom stereocenters. The molecular formula is C15H15ClFNO. The number of benzene rings is 2. The molecule has 0 amide bonds. The summed E-state index contributed by atoms with van der Waals surface area (Å²) in [5.41, 5.74) is 7.89. The fourth-order valence-electron chi connectivity index (χ4n) is 1.90. The van der Waals surface area contributed by atoms with Crippen LogP contribution in [-0.4, -0.2) is 0 Å². The number of hydrogen-bond donors (Lipinski definition) is 1. The maximum Gasteiger partial charge on any atom is 0.131 e. The average Bonchev–Trinajstić information content (AvgIpc) is 2.39. The van der Waals surface area contributed by atoms with Crippen molar-refractivity contribution in [2.45, 2.75) is 20.1 Å². The molecule has 4 heteroatoms. The van der Waals surface area contributed by atoms with Gasteiger partial charge in [-0.05, 0) is 24.6 Å². The summed E-state index contributed by atoms with van der Waals surface area (Å²) in [6.45, 7) is 2.39. The summed E-state index contributed by atoms with van der Waals surface area (Å²) in [5.74, 6) is 0.333. The summed E-state index contributed by atoms with van der Waals surface area (Å²) < 4.78 is 19.3. The fraction of sp³-hybridized carbons (Fsp3) is 0.200. The Balaban J connectivity index is 2.24. The minimum Gasteiger partial charge on any atom is -0.488 e. The van der Waals surface area contributed by atoms with E-state index in [0.29, 0.717) is 22.9 Å². The zero-order valence-electron chi connectivity index (χ0n) is 10.6. The second-order valence-electron chi connectivity index (χ2n) is 4.26. The smallest absolute Gasteiger partial charge is 0.131 e. The van der Waals surface area contributed by atoms with E-state index in [4.69, 9.17) is 22.1 Å². The maximum absolute atomic E-state index is 13.6. The number of hydrogen-bond acceptors (Lipinski definition) is 2. The third kappa shape index (κ3) is 3.06. The van der Waals surface area contributed by atoms with E-state index in [9.17, 15) is 4.39 Å². The van der Waals surface area contributed by atoms with E-state index < -0.39 is 0 Å². The molecule has 2 aromatic rings. The molecule has 0 heterocycles. The molecule has 0 unspecified atom stereocenters. The van der Waals surface area contributed by atoms with Crippen molar-refractivity contribution in [1.82, 2.24) is 0 Å². The number of nitrogens with two attached hydrogens (primary N) is 1. The summed E-state index contributed by atoms with van der Waals surface area (Å²) in [6, 6.07) is 10.3. The van der Waals surface area contributed by atoms with E-state index in [1.807, 2.05) is 25.1 Å². The van der Waals surface area contributed by atoms with Gasteiger partial charge in [0, 0.05) is 17.7 Å². The predicted octanol–water partition coefficient (Wildman–Crippen LogP) is 3.83. The highest BCUT2D eigenvalue weighted by molar-refractivity contribution is 6.31. The van der Waals surface area contributed by atoms with Crippen molar-refractivity contribution in [2.24, 2.45) is 5.73 Å². The number of rotatable bonds is 4. The number of para-hydroxylation sites is 1. The topological polar surface area (TPSA) is 35.2 Å². The molecule has 2 nitrogen and oxygen atoms in total. The Kier molecular flexibility index (Phi) is 4.40. The van der Waals surface area contributed by atoms with E-state index in [-0.39, 0.29) is 12.4 Å². The van der Waals surface area contributed by atoms with Crippen LogP contribution in [-0.2, 0) is 13.2 Å². The van der Waals surface area contributed by atoms with Gasteiger partial charge in [0.05, 0.1) is 5.02 Å². The summed E-state index contributed by atoms with van der Waals surface area (Å²) >= 11 is 5.96. The largest absolute Gasteiger partial charge is 0.488 e. The second-order valence-corrected chi connectivity index (χ2v) is 4.66. The van der Waals surface area contributed by atoms with Gasteiger partial charge in [0.1, 0.15) is 18.2 Å². The molecule has 19 heavy (non-hydrogen) atoms. The summed E-state index contributed by atoms with van der Waals surface area (Å²) in [4.78, 5) is 0. The Bertz CT molecular complexity index is 566. The SMILES string of the molecule is Cc1cccc(CN)c1OCc1c(F)cccc1Cl. The van der Waals surface area contributed by atoms with Gasteiger partial charge < -0.3 is 10.5 Å². The van der Waals surface area contributed by atoms with Crippen molar-refractivity contribution in [3.8, 4) is 5.75 Å². The van der Waals surface area contributed by atoms with Crippen LogP contribution in [0.15, 0.2) is 36.4 Å². The van der Waals surface area contributed by atoms with E-state index >= 15 is 0 Å². The molecule has 0 radical (unpaired) electrons. The fourth-order valence-corrected chi connectivity index (χ4v) is 2.11. The van der Waals surface area contributed by atoms with Gasteiger partial charge in [-0.1, -0.05) is 35.9 Å². The first-order valence-electron chi connectivity index (χ1n) is 5.97. The van der Waals surface area contributed by atoms with Crippen LogP contribution in [0.2, 0.25) is 5.02 Å². The predicted molar refractivity (Wildman–Crippen MR) is 74.8 cm³/mol. The molecule has 0 aliphatic carbocycles. The van der Waals surface area contributed by atoms with Crippen molar-refractivity contribution in [3.05, 3.63) is 63.9 Å². The monoisotopic (exact) mass is 279 g/mol. The van der Waals surface area contributed by atoms with Gasteiger partial charge in [0.2, 0.25) is 0 Å². The van der Waals surface area contributed by atoms with E-state index in [1.165, 1.54) is 6.07 Å². The van der Waals surface area contributed by atoms with Gasteiger partial charge in [0.15, 0.2) is 0 Å². The van der Waals surface area contributed by atoms with E-state index in [1.54, 1.807) is 12.1 Å². The zero-order valence-corrected chi connectivity index (χ0v) is 11.4. The van der Waals surface area contributed by atoms with Crippen molar-refractivity contribution < 1.29 is 9.13 Å². The van der Waals surface area contributed by atoms with E-state index in [0.717, 1.165) is 11.1 Å². The lowest BCUT2D eigenvalue weighted by Crippen LogP contribution is -2.05. The quantitative estimate of drug-likeness (QED) is 0.923. The third-order valence-electron chi connectivity index (χ3n) is 2.94. The van der Waals surface area contributed by atoms with Crippen molar-refractivity contribution in [3.63, 3.8) is 0 Å². The number of halogens is 2. The molecule has 0 aliphatic heterocycles. The lowest BCUT2D eigenvalue weighted by atomic mass is 10.1. The molecule has 2 aromatic carbocycles. The minimum absolute atomic E-state index is 0.0867. The highest BCUT2D eigenvalue weighted by Crippen LogP contribution is 2.26. The first-order chi connectivity index (χ1) is 9.13. The highest BCUT2D eigenvalue weighted by atomic mass is 35.5. The molecule has 0 saturated heterocycles. The number of aryl methyl sites for hydroxylation is 1. The van der Waals surface area contributed by atoms with Gasteiger partial charge in [0.25, 0.3) is 0 Å². The summed E-state index contributed by atoms with van der Waals surface area (Å²) in [5, 5.41) is 0.364. The second kappa shape index (κ2) is 6.04. The van der Waals surface area contributed by atoms with Crippen LogP contribution in [0.25, 0.3) is 0 Å². The van der Waals surface area contributed by atoms with Crippen molar-refractivity contribution >= 4 is 11.6 Å². The van der Waals surface area contributed by atoms with Crippen LogP contribution in [0.5, 0.6) is 5.75 Å². The highest BCUT2D eigenvalue weighted by Gasteiger charge is 2.10. The van der Waals surface area contributed by atoms with Crippen LogP contribution >= 0.6 is 11.6 Å². The molecule has 0 bridgehead atoms. The lowest BCUT2D eigenvalue weighted by molar-refractivity contribution is 0.295. The van der Waals surface area contributed by atoms with Crippen LogP contribution in [0, 0.1) is 12.7 Å². The van der Waals surface area contributed by atoms with Crippen LogP contribution in [0.4, 0.5) is 4.39 Å². The summed E-state index contributed by atoms with van der Waals surface area (Å²) in [7, 11) is 0. The van der Waals surface area contributed by atoms with Crippen molar-refractivity contribution in [1.29, 1.82) is 0 Å². The van der Waals surface area contributed by atoms with Crippen LogP contribution in [0.1, 0.15) is 16.7 Å². The van der Waals surface area contributed by atoms with Gasteiger partial charge in [-0.2, -0.15) is 0 Å². The molecule has 0 saturated carbocycles. The molecular weight excluding hydrogens is 265 g/mol. The normalized spacial score (nSPS) is 10.5. The minimum atomic E-state index is -0.365. The zero-order chi connectivity index (χ0) is 13.8. The van der Waals surface area contributed by atoms with Gasteiger partial charge >= 0.3 is 0 Å². The van der Waals surface area contributed by atoms with Gasteiger partial charge in [-0.3, -0.25) is 0 Å². The first-order valence-corrected chi connectivity index (χ1v) is 6.35. The van der Waals surface area contributed by atoms with E-state index in [2.05, 4.69) is 0 Å². The maximum atomic E-state index is 13.6. The molecule has 0 fully saturated rings. The molecule has 0 aromatic heterocycles. The average molecular weight is 280 g/mol. The van der Waals surface area contributed by atoms with Gasteiger partial charge in [-0.15, -0.1) is 0 Å². The first kappa shape index (κ1) is 13.8. The Morgan fingerprint density at radius 1 is 1.21 bits per heavy atom. The third-order valence-corrected chi connectivity index (χ3v) is 3.29. The molecule has 0 aliphatic rings. The Morgan fingerprint density at radius 3 is 2.63 bits per heavy atom. The molecule has 0 spiro atoms. The lowest BCUT2D eigenvalue weighted by Gasteiger charge is -2.14. The molecule has 2 rings (SSSR count). The Morgan fingerprint density at radius 2 is 1.95 bits per heavy atom.